The molecule has 0 spiro atoms. The van der Waals surface area contributed by atoms with Gasteiger partial charge in [0.15, 0.2) is 15.3 Å². The Morgan fingerprint density at radius 3 is 1.88 bits per heavy atom. The van der Waals surface area contributed by atoms with Crippen LogP contribution < -0.4 is 0 Å². The third-order valence-electron chi connectivity index (χ3n) is 0.811. The van der Waals surface area contributed by atoms with Crippen LogP contribution in [0.2, 0.25) is 0 Å². The fraction of sp³-hybridized carbons (Fsp3) is 1.00. The molecular weight excluding hydrogens is 128 g/mol. The summed E-state index contributed by atoms with van der Waals surface area (Å²) in [6, 6.07) is 0. The van der Waals surface area contributed by atoms with E-state index in [4.69, 9.17) is 0 Å². The van der Waals surface area contributed by atoms with Gasteiger partial charge in [-0.15, -0.1) is 0 Å². The lowest BCUT2D eigenvalue weighted by atomic mass is 10.5. The predicted octanol–water partition coefficient (Wildman–Crippen LogP) is 0.198. The normalized spacial score (nSPS) is 15.9. The van der Waals surface area contributed by atoms with Gasteiger partial charge in [0.1, 0.15) is 0 Å². The van der Waals surface area contributed by atoms with Gasteiger partial charge in [0.05, 0.1) is 0 Å². The lowest BCUT2D eigenvalue weighted by Gasteiger charge is -1.98. The van der Waals surface area contributed by atoms with Crippen molar-refractivity contribution in [1.29, 1.82) is 0 Å². The summed E-state index contributed by atoms with van der Waals surface area (Å²) >= 11 is 0. The van der Waals surface area contributed by atoms with Gasteiger partial charge >= 0.3 is 0 Å². The highest BCUT2D eigenvalue weighted by Crippen LogP contribution is 1.98. The first kappa shape index (κ1) is 7.91. The van der Waals surface area contributed by atoms with E-state index in [1.165, 1.54) is 0 Å². The maximum Gasteiger partial charge on any atom is 0.193 e. The summed E-state index contributed by atoms with van der Waals surface area (Å²) in [5.74, 6) is 0. The van der Waals surface area contributed by atoms with Crippen LogP contribution in [0, 0.1) is 0 Å². The van der Waals surface area contributed by atoms with Crippen LogP contribution in [0.5, 0.6) is 0 Å². The molecule has 0 aliphatic rings. The molecule has 0 saturated heterocycles. The SMILES string of the molecule is CCC([O])S(C)(=O)=O. The number of sulfone groups is 1. The van der Waals surface area contributed by atoms with Crippen LogP contribution in [-0.4, -0.2) is 20.1 Å². The van der Waals surface area contributed by atoms with E-state index >= 15 is 0 Å². The predicted molar refractivity (Wildman–Crippen MR) is 29.6 cm³/mol. The van der Waals surface area contributed by atoms with E-state index in [0.29, 0.717) is 0 Å². The van der Waals surface area contributed by atoms with E-state index in [-0.39, 0.29) is 6.42 Å². The smallest absolute Gasteiger partial charge is 0.193 e. The van der Waals surface area contributed by atoms with Crippen molar-refractivity contribution in [3.63, 3.8) is 0 Å². The fourth-order valence-corrected chi connectivity index (χ4v) is 0.908. The largest absolute Gasteiger partial charge is 0.226 e. The minimum atomic E-state index is -3.31. The topological polar surface area (TPSA) is 54.0 Å². The molecule has 0 heterocycles. The number of hydrogen-bond acceptors (Lipinski definition) is 2. The molecule has 1 unspecified atom stereocenters. The Morgan fingerprint density at radius 2 is 1.88 bits per heavy atom. The fourth-order valence-electron chi connectivity index (χ4n) is 0.303. The van der Waals surface area contributed by atoms with E-state index in [9.17, 15) is 13.5 Å². The Labute approximate surface area is 49.3 Å². The third-order valence-corrected chi connectivity index (χ3v) is 2.10. The highest BCUT2D eigenvalue weighted by atomic mass is 32.2. The zero-order chi connectivity index (χ0) is 6.78. The second-order valence-electron chi connectivity index (χ2n) is 1.67. The van der Waals surface area contributed by atoms with Gasteiger partial charge < -0.3 is 0 Å². The van der Waals surface area contributed by atoms with E-state index in [2.05, 4.69) is 0 Å². The van der Waals surface area contributed by atoms with Crippen LogP contribution in [0.4, 0.5) is 0 Å². The quantitative estimate of drug-likeness (QED) is 0.545. The lowest BCUT2D eigenvalue weighted by Crippen LogP contribution is -2.15. The summed E-state index contributed by atoms with van der Waals surface area (Å²) in [6.07, 6.45) is 1.10. The van der Waals surface area contributed by atoms with Crippen LogP contribution in [-0.2, 0) is 14.9 Å². The van der Waals surface area contributed by atoms with Gasteiger partial charge in [-0.3, -0.25) is 0 Å². The molecule has 1 atom stereocenters. The first-order valence-corrected chi connectivity index (χ1v) is 4.28. The summed E-state index contributed by atoms with van der Waals surface area (Å²) in [6.45, 7) is 1.55. The molecule has 0 N–H and O–H groups in total. The average Bonchev–Trinajstić information content (AvgIpc) is 1.62. The second-order valence-corrected chi connectivity index (χ2v) is 3.85. The third kappa shape index (κ3) is 2.28. The minimum absolute atomic E-state index is 0.152. The van der Waals surface area contributed by atoms with Crippen molar-refractivity contribution in [3.8, 4) is 0 Å². The monoisotopic (exact) mass is 137 g/mol. The van der Waals surface area contributed by atoms with Crippen LogP contribution in [0.3, 0.4) is 0 Å². The molecule has 4 heteroatoms. The summed E-state index contributed by atoms with van der Waals surface area (Å²) in [7, 11) is -3.31. The maximum absolute atomic E-state index is 10.3. The van der Waals surface area contributed by atoms with Crippen molar-refractivity contribution in [2.75, 3.05) is 6.26 Å². The number of hydrogen-bond donors (Lipinski definition) is 0. The van der Waals surface area contributed by atoms with E-state index in [0.717, 1.165) is 6.26 Å². The molecule has 0 aromatic carbocycles. The van der Waals surface area contributed by atoms with Gasteiger partial charge in [-0.1, -0.05) is 6.92 Å². The highest BCUT2D eigenvalue weighted by molar-refractivity contribution is 7.91. The molecule has 3 nitrogen and oxygen atoms in total. The Hall–Kier alpha value is -0.0900. The van der Waals surface area contributed by atoms with E-state index in [1.54, 1.807) is 6.92 Å². The van der Waals surface area contributed by atoms with Gasteiger partial charge in [0, 0.05) is 6.26 Å². The van der Waals surface area contributed by atoms with Crippen molar-refractivity contribution >= 4 is 9.84 Å². The molecule has 0 amide bonds. The molecule has 0 aromatic rings. The Bertz CT molecular complexity index is 147. The van der Waals surface area contributed by atoms with E-state index < -0.39 is 15.3 Å². The summed E-state index contributed by atoms with van der Waals surface area (Å²) in [4.78, 5) is 0. The van der Waals surface area contributed by atoms with Crippen LogP contribution in [0.25, 0.3) is 0 Å². The molecular formula is C4H9O3S. The minimum Gasteiger partial charge on any atom is -0.226 e. The molecule has 0 aliphatic carbocycles. The Morgan fingerprint density at radius 1 is 1.50 bits per heavy atom. The molecule has 0 fully saturated rings. The highest BCUT2D eigenvalue weighted by Gasteiger charge is 2.15. The van der Waals surface area contributed by atoms with Crippen LogP contribution in [0.15, 0.2) is 0 Å². The lowest BCUT2D eigenvalue weighted by molar-refractivity contribution is 0.152. The Balaban J connectivity index is 4.04. The zero-order valence-corrected chi connectivity index (χ0v) is 5.73. The van der Waals surface area contributed by atoms with Crippen molar-refractivity contribution in [2.45, 2.75) is 18.8 Å². The second kappa shape index (κ2) is 2.46. The molecule has 0 saturated carbocycles. The zero-order valence-electron chi connectivity index (χ0n) is 4.92. The maximum atomic E-state index is 10.3. The van der Waals surface area contributed by atoms with Crippen molar-refractivity contribution in [1.82, 2.24) is 0 Å². The first-order valence-electron chi connectivity index (χ1n) is 2.33. The number of rotatable bonds is 2. The summed E-state index contributed by atoms with van der Waals surface area (Å²) in [5, 5.41) is 10.3. The van der Waals surface area contributed by atoms with Crippen LogP contribution >= 0.6 is 0 Å². The van der Waals surface area contributed by atoms with Crippen molar-refractivity contribution < 1.29 is 13.5 Å². The standard InChI is InChI=1S/C4H9O3S/c1-3-4(5)8(2,6)7/h4H,3H2,1-2H3. The molecule has 0 bridgehead atoms. The van der Waals surface area contributed by atoms with Gasteiger partial charge in [-0.05, 0) is 6.42 Å². The van der Waals surface area contributed by atoms with Crippen molar-refractivity contribution in [3.05, 3.63) is 0 Å². The molecule has 0 rings (SSSR count). The van der Waals surface area contributed by atoms with Crippen LogP contribution in [0.1, 0.15) is 13.3 Å². The first-order chi connectivity index (χ1) is 3.48. The molecule has 0 aromatic heterocycles. The molecule has 0 aliphatic heterocycles. The average molecular weight is 137 g/mol. The molecule has 8 heavy (non-hydrogen) atoms. The van der Waals surface area contributed by atoms with Gasteiger partial charge in [0.2, 0.25) is 0 Å². The summed E-state index contributed by atoms with van der Waals surface area (Å²) in [5.41, 5.74) is -1.43. The van der Waals surface area contributed by atoms with Crippen molar-refractivity contribution in [2.24, 2.45) is 0 Å². The van der Waals surface area contributed by atoms with Gasteiger partial charge in [-0.25, -0.2) is 13.5 Å². The summed E-state index contributed by atoms with van der Waals surface area (Å²) < 4.78 is 20.5. The molecule has 49 valence electrons. The molecule has 1 radical (unpaired) electrons. The Kier molecular flexibility index (Phi) is 2.43. The van der Waals surface area contributed by atoms with Gasteiger partial charge in [-0.2, -0.15) is 0 Å². The van der Waals surface area contributed by atoms with E-state index in [1.807, 2.05) is 0 Å². The van der Waals surface area contributed by atoms with Gasteiger partial charge in [0.25, 0.3) is 0 Å².